The predicted molar refractivity (Wildman–Crippen MR) is 97.0 cm³/mol. The first kappa shape index (κ1) is 17.0. The van der Waals surface area contributed by atoms with Crippen LogP contribution in [0.1, 0.15) is 42.6 Å². The second kappa shape index (κ2) is 7.86. The Bertz CT molecular complexity index is 761. The van der Waals surface area contributed by atoms with E-state index in [0.717, 1.165) is 63.2 Å². The van der Waals surface area contributed by atoms with E-state index < -0.39 is 0 Å². The van der Waals surface area contributed by atoms with Gasteiger partial charge in [0.15, 0.2) is 5.69 Å². The molecule has 2 aromatic heterocycles. The lowest BCUT2D eigenvalue weighted by molar-refractivity contribution is 0.0526. The Balaban J connectivity index is 1.60. The molecule has 26 heavy (non-hydrogen) atoms. The van der Waals surface area contributed by atoms with Gasteiger partial charge in [0, 0.05) is 31.5 Å². The third-order valence-corrected chi connectivity index (χ3v) is 4.95. The highest BCUT2D eigenvalue weighted by atomic mass is 16.5. The van der Waals surface area contributed by atoms with E-state index >= 15 is 0 Å². The molecule has 1 atom stereocenters. The number of pyridine rings is 1. The lowest BCUT2D eigenvalue weighted by Crippen LogP contribution is -2.38. The number of oxazole rings is 1. The molecule has 1 saturated heterocycles. The normalized spacial score (nSPS) is 21.8. The molecule has 1 N–H and O–H groups in total. The Morgan fingerprint density at radius 2 is 2.19 bits per heavy atom. The summed E-state index contributed by atoms with van der Waals surface area (Å²) < 4.78 is 11.4. The van der Waals surface area contributed by atoms with E-state index in [1.54, 1.807) is 6.20 Å². The standard InChI is InChI=1S/C19H24N4O3/c24-19-16-13-26-18(22-16)14-6-8-21-17(11-14)20-7-2-1-3-10-25-12-15-5-4-9-23(15)19/h6,8,11,13,15H,1-5,7,9-10,12H2,(H,20,21). The number of rotatable bonds is 0. The number of hydrogen-bond donors (Lipinski definition) is 1. The summed E-state index contributed by atoms with van der Waals surface area (Å²) in [5, 5.41) is 3.32. The van der Waals surface area contributed by atoms with Gasteiger partial charge in [-0.1, -0.05) is 0 Å². The van der Waals surface area contributed by atoms with Crippen LogP contribution in [0.5, 0.6) is 0 Å². The summed E-state index contributed by atoms with van der Waals surface area (Å²) in [6.07, 6.45) is 8.35. The summed E-state index contributed by atoms with van der Waals surface area (Å²) in [5.74, 6) is 1.15. The van der Waals surface area contributed by atoms with E-state index in [2.05, 4.69) is 15.3 Å². The number of amides is 1. The fraction of sp³-hybridized carbons (Fsp3) is 0.526. The van der Waals surface area contributed by atoms with Crippen LogP contribution in [0.15, 0.2) is 29.0 Å². The zero-order valence-corrected chi connectivity index (χ0v) is 14.8. The number of carbonyl (C=O) groups excluding carboxylic acids is 1. The first-order valence-electron chi connectivity index (χ1n) is 9.36. The Labute approximate surface area is 152 Å². The monoisotopic (exact) mass is 356 g/mol. The number of anilines is 1. The Hall–Kier alpha value is -2.41. The molecule has 1 unspecified atom stereocenters. The summed E-state index contributed by atoms with van der Waals surface area (Å²) in [5.41, 5.74) is 1.16. The van der Waals surface area contributed by atoms with Crippen molar-refractivity contribution >= 4 is 11.7 Å². The van der Waals surface area contributed by atoms with Crippen LogP contribution in [0.3, 0.4) is 0 Å². The zero-order valence-electron chi connectivity index (χ0n) is 14.8. The lowest BCUT2D eigenvalue weighted by atomic mass is 10.2. The van der Waals surface area contributed by atoms with Crippen molar-refractivity contribution in [2.75, 3.05) is 31.6 Å². The van der Waals surface area contributed by atoms with Crippen LogP contribution in [0.25, 0.3) is 11.5 Å². The summed E-state index contributed by atoms with van der Waals surface area (Å²) in [6.45, 7) is 2.94. The number of carbonyl (C=O) groups is 1. The number of aromatic nitrogens is 2. The average molecular weight is 356 g/mol. The minimum absolute atomic E-state index is 0.0807. The molecule has 0 aromatic carbocycles. The second-order valence-corrected chi connectivity index (χ2v) is 6.82. The zero-order chi connectivity index (χ0) is 17.8. The molecule has 0 saturated carbocycles. The summed E-state index contributed by atoms with van der Waals surface area (Å²) >= 11 is 0. The van der Waals surface area contributed by atoms with Crippen LogP contribution in [0.2, 0.25) is 0 Å². The van der Waals surface area contributed by atoms with Gasteiger partial charge in [0.25, 0.3) is 5.91 Å². The number of ether oxygens (including phenoxy) is 1. The Morgan fingerprint density at radius 1 is 1.23 bits per heavy atom. The molecular weight excluding hydrogens is 332 g/mol. The topological polar surface area (TPSA) is 80.5 Å². The Kier molecular flexibility index (Phi) is 5.15. The minimum atomic E-state index is -0.0807. The third kappa shape index (κ3) is 3.72. The second-order valence-electron chi connectivity index (χ2n) is 6.82. The van der Waals surface area contributed by atoms with Gasteiger partial charge in [-0.3, -0.25) is 4.79 Å². The average Bonchev–Trinajstić information content (AvgIpc) is 3.32. The van der Waals surface area contributed by atoms with Crippen LogP contribution in [0, 0.1) is 0 Å². The number of hydrogen-bond acceptors (Lipinski definition) is 6. The molecule has 2 aromatic rings. The molecule has 2 aliphatic heterocycles. The minimum Gasteiger partial charge on any atom is -0.444 e. The first-order valence-corrected chi connectivity index (χ1v) is 9.36. The van der Waals surface area contributed by atoms with Crippen LogP contribution in [-0.2, 0) is 4.74 Å². The lowest BCUT2D eigenvalue weighted by Gasteiger charge is -2.23. The highest BCUT2D eigenvalue weighted by Gasteiger charge is 2.31. The highest BCUT2D eigenvalue weighted by Crippen LogP contribution is 2.24. The molecule has 7 nitrogen and oxygen atoms in total. The van der Waals surface area contributed by atoms with E-state index in [9.17, 15) is 4.79 Å². The van der Waals surface area contributed by atoms with Gasteiger partial charge in [-0.05, 0) is 44.2 Å². The Morgan fingerprint density at radius 3 is 3.15 bits per heavy atom. The fourth-order valence-corrected chi connectivity index (χ4v) is 3.53. The fourth-order valence-electron chi connectivity index (χ4n) is 3.53. The highest BCUT2D eigenvalue weighted by molar-refractivity contribution is 5.92. The van der Waals surface area contributed by atoms with Crippen molar-refractivity contribution in [3.05, 3.63) is 30.3 Å². The van der Waals surface area contributed by atoms with E-state index in [-0.39, 0.29) is 11.9 Å². The van der Waals surface area contributed by atoms with E-state index in [4.69, 9.17) is 9.15 Å². The van der Waals surface area contributed by atoms with Crippen LogP contribution < -0.4 is 5.32 Å². The molecule has 7 heteroatoms. The van der Waals surface area contributed by atoms with Gasteiger partial charge in [-0.25, -0.2) is 9.97 Å². The van der Waals surface area contributed by atoms with Gasteiger partial charge < -0.3 is 19.4 Å². The van der Waals surface area contributed by atoms with E-state index in [1.807, 2.05) is 17.0 Å². The van der Waals surface area contributed by atoms with Crippen molar-refractivity contribution in [3.63, 3.8) is 0 Å². The SMILES string of the molecule is O=C1c2coc(n2)-c2ccnc(c2)NCCCCCOCC2CCCN12. The quantitative estimate of drug-likeness (QED) is 0.782. The van der Waals surface area contributed by atoms with E-state index in [1.165, 1.54) is 6.26 Å². The molecule has 0 aliphatic carbocycles. The van der Waals surface area contributed by atoms with Crippen molar-refractivity contribution in [1.82, 2.24) is 14.9 Å². The van der Waals surface area contributed by atoms with Crippen molar-refractivity contribution in [2.45, 2.75) is 38.1 Å². The van der Waals surface area contributed by atoms with Gasteiger partial charge in [-0.15, -0.1) is 0 Å². The molecule has 4 bridgehead atoms. The molecule has 0 radical (unpaired) electrons. The molecule has 0 spiro atoms. The van der Waals surface area contributed by atoms with Gasteiger partial charge in [0.2, 0.25) is 5.89 Å². The van der Waals surface area contributed by atoms with Crippen molar-refractivity contribution in [2.24, 2.45) is 0 Å². The summed E-state index contributed by atoms with van der Waals surface area (Å²) in [4.78, 5) is 23.5. The van der Waals surface area contributed by atoms with Crippen molar-refractivity contribution in [1.29, 1.82) is 0 Å². The maximum absolute atomic E-state index is 12.8. The molecule has 2 aliphatic rings. The van der Waals surface area contributed by atoms with Crippen LogP contribution in [0.4, 0.5) is 5.82 Å². The van der Waals surface area contributed by atoms with Crippen LogP contribution in [-0.4, -0.2) is 53.1 Å². The van der Waals surface area contributed by atoms with Crippen molar-refractivity contribution in [3.8, 4) is 11.5 Å². The number of fused-ring (bicyclic) bond motifs is 6. The predicted octanol–water partition coefficient (Wildman–Crippen LogP) is 2.95. The molecular formula is C19H24N4O3. The first-order chi connectivity index (χ1) is 12.8. The van der Waals surface area contributed by atoms with Gasteiger partial charge in [0.1, 0.15) is 12.1 Å². The van der Waals surface area contributed by atoms with Crippen LogP contribution >= 0.6 is 0 Å². The number of nitrogens with one attached hydrogen (secondary N) is 1. The van der Waals surface area contributed by atoms with Gasteiger partial charge in [-0.2, -0.15) is 0 Å². The molecule has 4 heterocycles. The maximum atomic E-state index is 12.8. The summed E-state index contributed by atoms with van der Waals surface area (Å²) in [6, 6.07) is 3.87. The molecule has 1 fully saturated rings. The molecule has 138 valence electrons. The largest absolute Gasteiger partial charge is 0.444 e. The third-order valence-electron chi connectivity index (χ3n) is 4.95. The van der Waals surface area contributed by atoms with Gasteiger partial charge >= 0.3 is 0 Å². The molecule has 1 amide bonds. The summed E-state index contributed by atoms with van der Waals surface area (Å²) in [7, 11) is 0. The maximum Gasteiger partial charge on any atom is 0.276 e. The van der Waals surface area contributed by atoms with E-state index in [0.29, 0.717) is 18.2 Å². The number of nitrogens with zero attached hydrogens (tertiary/aromatic N) is 3. The smallest absolute Gasteiger partial charge is 0.276 e. The van der Waals surface area contributed by atoms with Crippen molar-refractivity contribution < 1.29 is 13.9 Å². The van der Waals surface area contributed by atoms with Gasteiger partial charge in [0.05, 0.1) is 12.6 Å². The molecule has 4 rings (SSSR count).